The van der Waals surface area contributed by atoms with Crippen LogP contribution in [0.3, 0.4) is 0 Å². The lowest BCUT2D eigenvalue weighted by Crippen LogP contribution is -2.57. The van der Waals surface area contributed by atoms with E-state index in [1.54, 1.807) is 0 Å². The summed E-state index contributed by atoms with van der Waals surface area (Å²) in [6, 6.07) is -0.341. The molecule has 0 radical (unpaired) electrons. The smallest absolute Gasteiger partial charge is 0.322 e. The van der Waals surface area contributed by atoms with Gasteiger partial charge in [0.05, 0.1) is 0 Å². The van der Waals surface area contributed by atoms with Gasteiger partial charge in [-0.15, -0.1) is 0 Å². The zero-order valence-electron chi connectivity index (χ0n) is 6.39. The highest BCUT2D eigenvalue weighted by atomic mass is 127. The molecule has 0 aromatic heterocycles. The average Bonchev–Trinajstić information content (AvgIpc) is 2.22. The van der Waals surface area contributed by atoms with Crippen molar-refractivity contribution in [2.45, 2.75) is 18.4 Å². The number of hydrogen-bond donors (Lipinski definition) is 2. The Labute approximate surface area is 83.6 Å². The van der Waals surface area contributed by atoms with Gasteiger partial charge >= 0.3 is 6.03 Å². The molecule has 1 aliphatic heterocycles. The van der Waals surface area contributed by atoms with E-state index in [0.29, 0.717) is 5.92 Å². The van der Waals surface area contributed by atoms with E-state index in [2.05, 4.69) is 33.2 Å². The van der Waals surface area contributed by atoms with E-state index < -0.39 is 5.54 Å². The van der Waals surface area contributed by atoms with Crippen molar-refractivity contribution in [1.82, 2.24) is 10.6 Å². The number of imide groups is 1. The molecule has 0 aromatic rings. The molecule has 1 saturated carbocycles. The first-order valence-electron chi connectivity index (χ1n) is 3.86. The van der Waals surface area contributed by atoms with Gasteiger partial charge in [-0.3, -0.25) is 10.1 Å². The number of rotatable bonds is 1. The van der Waals surface area contributed by atoms with Crippen LogP contribution in [0.1, 0.15) is 12.8 Å². The summed E-state index contributed by atoms with van der Waals surface area (Å²) < 4.78 is 1.06. The Hall–Kier alpha value is -0.330. The molecule has 2 rings (SSSR count). The van der Waals surface area contributed by atoms with E-state index in [9.17, 15) is 9.59 Å². The number of alkyl halides is 1. The number of carbonyl (C=O) groups is 2. The number of nitrogens with one attached hydrogen (secondary N) is 2. The topological polar surface area (TPSA) is 58.2 Å². The van der Waals surface area contributed by atoms with Crippen LogP contribution in [-0.4, -0.2) is 21.9 Å². The van der Waals surface area contributed by atoms with Crippen molar-refractivity contribution in [1.29, 1.82) is 0 Å². The van der Waals surface area contributed by atoms with E-state index in [1.807, 2.05) is 0 Å². The van der Waals surface area contributed by atoms with Gasteiger partial charge in [0.25, 0.3) is 5.91 Å². The fourth-order valence-corrected chi connectivity index (χ4v) is 2.47. The summed E-state index contributed by atoms with van der Waals surface area (Å²) in [5, 5.41) is 4.94. The first-order chi connectivity index (χ1) is 5.66. The predicted molar refractivity (Wildman–Crippen MR) is 51.0 cm³/mol. The molecule has 2 aliphatic rings. The molecule has 0 unspecified atom stereocenters. The van der Waals surface area contributed by atoms with Crippen LogP contribution >= 0.6 is 22.6 Å². The second-order valence-electron chi connectivity index (χ2n) is 3.42. The first-order valence-corrected chi connectivity index (χ1v) is 5.38. The Morgan fingerprint density at radius 2 is 2.17 bits per heavy atom. The van der Waals surface area contributed by atoms with Crippen molar-refractivity contribution in [2.75, 3.05) is 4.43 Å². The lowest BCUT2D eigenvalue weighted by molar-refractivity contribution is -0.128. The van der Waals surface area contributed by atoms with Gasteiger partial charge in [-0.2, -0.15) is 0 Å². The van der Waals surface area contributed by atoms with Gasteiger partial charge in [0.2, 0.25) is 0 Å². The molecule has 1 saturated heterocycles. The van der Waals surface area contributed by atoms with E-state index in [4.69, 9.17) is 0 Å². The third kappa shape index (κ3) is 1.02. The van der Waals surface area contributed by atoms with Crippen molar-refractivity contribution in [3.8, 4) is 0 Å². The Morgan fingerprint density at radius 1 is 1.50 bits per heavy atom. The van der Waals surface area contributed by atoms with Crippen molar-refractivity contribution < 1.29 is 9.59 Å². The summed E-state index contributed by atoms with van der Waals surface area (Å²) in [6.45, 7) is 0. The minimum atomic E-state index is -0.535. The van der Waals surface area contributed by atoms with Gasteiger partial charge in [-0.05, 0) is 18.8 Å². The standard InChI is InChI=1S/C7H9IN2O2/c8-3-4-1-7(2-4)5(11)9-6(12)10-7/h4H,1-3H2,(H2,9,10,11,12)/t4-,7+. The minimum Gasteiger partial charge on any atom is -0.323 e. The quantitative estimate of drug-likeness (QED) is 0.415. The van der Waals surface area contributed by atoms with Crippen molar-refractivity contribution in [2.24, 2.45) is 5.92 Å². The molecular formula is C7H9IN2O2. The molecule has 0 bridgehead atoms. The summed E-state index contributed by atoms with van der Waals surface area (Å²) in [5.74, 6) is 0.448. The molecule has 0 atom stereocenters. The Bertz CT molecular complexity index is 248. The van der Waals surface area contributed by atoms with Gasteiger partial charge in [0.1, 0.15) is 5.54 Å². The number of carbonyl (C=O) groups excluding carboxylic acids is 2. The molecule has 3 amide bonds. The molecule has 2 fully saturated rings. The molecule has 12 heavy (non-hydrogen) atoms. The lowest BCUT2D eigenvalue weighted by atomic mass is 9.69. The van der Waals surface area contributed by atoms with Gasteiger partial charge in [0.15, 0.2) is 0 Å². The Morgan fingerprint density at radius 3 is 2.58 bits per heavy atom. The second-order valence-corrected chi connectivity index (χ2v) is 4.30. The number of halogens is 1. The highest BCUT2D eigenvalue weighted by molar-refractivity contribution is 14.1. The summed E-state index contributed by atoms with van der Waals surface area (Å²) >= 11 is 2.30. The highest BCUT2D eigenvalue weighted by Gasteiger charge is 2.54. The maximum Gasteiger partial charge on any atom is 0.322 e. The molecule has 1 heterocycles. The van der Waals surface area contributed by atoms with E-state index in [1.165, 1.54) is 0 Å². The molecule has 5 heteroatoms. The summed E-state index contributed by atoms with van der Waals surface area (Å²) in [6.07, 6.45) is 1.60. The van der Waals surface area contributed by atoms with Crippen molar-refractivity contribution >= 4 is 34.5 Å². The Balaban J connectivity index is 2.06. The monoisotopic (exact) mass is 280 g/mol. The summed E-state index contributed by atoms with van der Waals surface area (Å²) in [5.41, 5.74) is -0.535. The van der Waals surface area contributed by atoms with Crippen LogP contribution in [-0.2, 0) is 4.79 Å². The highest BCUT2D eigenvalue weighted by Crippen LogP contribution is 2.40. The summed E-state index contributed by atoms with van der Waals surface area (Å²) in [4.78, 5) is 22.1. The fourth-order valence-electron chi connectivity index (χ4n) is 1.85. The maximum absolute atomic E-state index is 11.3. The molecule has 0 aromatic carbocycles. The normalized spacial score (nSPS) is 39.2. The average molecular weight is 280 g/mol. The van der Waals surface area contributed by atoms with E-state index >= 15 is 0 Å². The number of urea groups is 1. The van der Waals surface area contributed by atoms with Gasteiger partial charge < -0.3 is 5.32 Å². The third-order valence-corrected chi connectivity index (χ3v) is 3.75. The first kappa shape index (κ1) is 8.28. The largest absolute Gasteiger partial charge is 0.323 e. The van der Waals surface area contributed by atoms with Crippen LogP contribution in [0.25, 0.3) is 0 Å². The van der Waals surface area contributed by atoms with Crippen LogP contribution in [0, 0.1) is 5.92 Å². The SMILES string of the molecule is O=C1NC(=O)[C@]2(C[C@H](CI)C2)N1. The maximum atomic E-state index is 11.3. The molecular weight excluding hydrogens is 271 g/mol. The third-order valence-electron chi connectivity index (χ3n) is 2.51. The van der Waals surface area contributed by atoms with Crippen LogP contribution in [0.5, 0.6) is 0 Å². The number of hydrogen-bond acceptors (Lipinski definition) is 2. The van der Waals surface area contributed by atoms with Gasteiger partial charge in [0, 0.05) is 4.43 Å². The zero-order valence-corrected chi connectivity index (χ0v) is 8.55. The molecule has 1 aliphatic carbocycles. The van der Waals surface area contributed by atoms with Gasteiger partial charge in [-0.25, -0.2) is 4.79 Å². The molecule has 4 nitrogen and oxygen atoms in total. The lowest BCUT2D eigenvalue weighted by Gasteiger charge is -2.41. The summed E-state index contributed by atoms with van der Waals surface area (Å²) in [7, 11) is 0. The van der Waals surface area contributed by atoms with Crippen molar-refractivity contribution in [3.63, 3.8) is 0 Å². The van der Waals surface area contributed by atoms with Crippen LogP contribution < -0.4 is 10.6 Å². The molecule has 1 spiro atoms. The van der Waals surface area contributed by atoms with Crippen LogP contribution in [0.15, 0.2) is 0 Å². The molecule has 2 N–H and O–H groups in total. The van der Waals surface area contributed by atoms with E-state index in [0.717, 1.165) is 17.3 Å². The molecule has 66 valence electrons. The van der Waals surface area contributed by atoms with E-state index in [-0.39, 0.29) is 11.9 Å². The number of amides is 3. The van der Waals surface area contributed by atoms with Crippen LogP contribution in [0.4, 0.5) is 4.79 Å². The Kier molecular flexibility index (Phi) is 1.78. The predicted octanol–water partition coefficient (Wildman–Crippen LogP) is 0.410. The minimum absolute atomic E-state index is 0.145. The second kappa shape index (κ2) is 2.58. The zero-order chi connectivity index (χ0) is 8.77. The van der Waals surface area contributed by atoms with Crippen LogP contribution in [0.2, 0.25) is 0 Å². The fraction of sp³-hybridized carbons (Fsp3) is 0.714. The van der Waals surface area contributed by atoms with Gasteiger partial charge in [-0.1, -0.05) is 22.6 Å². The van der Waals surface area contributed by atoms with Crippen molar-refractivity contribution in [3.05, 3.63) is 0 Å².